The van der Waals surface area contributed by atoms with E-state index in [1.54, 1.807) is 13.2 Å². The number of aromatic nitrogens is 1. The van der Waals surface area contributed by atoms with Gasteiger partial charge in [-0.25, -0.2) is 19.8 Å². The maximum Gasteiger partial charge on any atom is 0.421 e. The van der Waals surface area contributed by atoms with E-state index < -0.39 is 6.09 Å². The first-order valence-corrected chi connectivity index (χ1v) is 6.73. The quantitative estimate of drug-likeness (QED) is 0.848. The number of hydrogen-bond donors (Lipinski definition) is 1. The molecule has 0 bridgehead atoms. The largest absolute Gasteiger partial charge is 0.464 e. The van der Waals surface area contributed by atoms with Crippen molar-refractivity contribution in [3.05, 3.63) is 28.5 Å². The molecule has 2 rings (SSSR count). The van der Waals surface area contributed by atoms with Crippen molar-refractivity contribution in [2.24, 2.45) is 0 Å². The average molecular weight is 284 g/mol. The number of aryl methyl sites for hydroxylation is 1. The van der Waals surface area contributed by atoms with E-state index in [2.05, 4.69) is 4.98 Å². The van der Waals surface area contributed by atoms with Crippen LogP contribution in [-0.2, 0) is 0 Å². The van der Waals surface area contributed by atoms with Crippen molar-refractivity contribution in [3.63, 3.8) is 0 Å². The fourth-order valence-electron chi connectivity index (χ4n) is 2.49. The predicted molar refractivity (Wildman–Crippen MR) is 73.1 cm³/mol. The molecule has 1 atom stereocenters. The topological polar surface area (TPSA) is 56.7 Å². The molecular formula is C13H18ClN3O2. The number of rotatable bonds is 2. The zero-order chi connectivity index (χ0) is 14.0. The molecule has 6 heteroatoms. The Balaban J connectivity index is 2.28. The van der Waals surface area contributed by atoms with Crippen LogP contribution in [0.2, 0.25) is 5.15 Å². The van der Waals surface area contributed by atoms with Crippen LogP contribution in [0.25, 0.3) is 0 Å². The highest BCUT2D eigenvalue weighted by Gasteiger charge is 2.29. The number of hydrogen-bond acceptors (Lipinski definition) is 3. The molecule has 2 heterocycles. The summed E-state index contributed by atoms with van der Waals surface area (Å²) in [6.45, 7) is 2.65. The predicted octanol–water partition coefficient (Wildman–Crippen LogP) is 3.10. The van der Waals surface area contributed by atoms with Crippen LogP contribution in [0.4, 0.5) is 4.79 Å². The molecule has 104 valence electrons. The summed E-state index contributed by atoms with van der Waals surface area (Å²) < 4.78 is 0. The second-order valence-electron chi connectivity index (χ2n) is 4.86. The van der Waals surface area contributed by atoms with E-state index >= 15 is 0 Å². The minimum Gasteiger partial charge on any atom is -0.464 e. The van der Waals surface area contributed by atoms with Crippen molar-refractivity contribution in [1.82, 2.24) is 15.0 Å². The van der Waals surface area contributed by atoms with Gasteiger partial charge in [-0.3, -0.25) is 0 Å². The summed E-state index contributed by atoms with van der Waals surface area (Å²) in [5.74, 6) is 0. The Morgan fingerprint density at radius 3 is 2.95 bits per heavy atom. The molecule has 1 fully saturated rings. The van der Waals surface area contributed by atoms with Crippen LogP contribution in [-0.4, -0.2) is 39.8 Å². The lowest BCUT2D eigenvalue weighted by atomic mass is 9.97. The van der Waals surface area contributed by atoms with Crippen LogP contribution in [0.5, 0.6) is 0 Å². The summed E-state index contributed by atoms with van der Waals surface area (Å²) in [7, 11) is 1.58. The number of halogens is 1. The molecule has 0 aromatic carbocycles. The second-order valence-corrected chi connectivity index (χ2v) is 5.22. The van der Waals surface area contributed by atoms with E-state index in [4.69, 9.17) is 16.7 Å². The van der Waals surface area contributed by atoms with E-state index in [1.165, 1.54) is 5.01 Å². The molecule has 1 aliphatic heterocycles. The minimum atomic E-state index is -0.939. The number of hydrazine groups is 1. The molecule has 1 unspecified atom stereocenters. The zero-order valence-electron chi connectivity index (χ0n) is 11.1. The number of piperidine rings is 1. The zero-order valence-corrected chi connectivity index (χ0v) is 11.9. The van der Waals surface area contributed by atoms with Gasteiger partial charge < -0.3 is 5.11 Å². The number of carboxylic acid groups (broad SMARTS) is 1. The van der Waals surface area contributed by atoms with E-state index in [0.29, 0.717) is 5.15 Å². The SMILES string of the molecule is Cc1cc(C2CCCCN2N(C)C(=O)O)cnc1Cl. The first-order valence-electron chi connectivity index (χ1n) is 6.36. The number of pyridine rings is 1. The Morgan fingerprint density at radius 2 is 2.32 bits per heavy atom. The molecule has 19 heavy (non-hydrogen) atoms. The first kappa shape index (κ1) is 14.1. The number of nitrogens with zero attached hydrogens (tertiary/aromatic N) is 3. The van der Waals surface area contributed by atoms with Gasteiger partial charge in [0.2, 0.25) is 0 Å². The molecule has 0 radical (unpaired) electrons. The summed E-state index contributed by atoms with van der Waals surface area (Å²) in [4.78, 5) is 15.3. The van der Waals surface area contributed by atoms with E-state index in [1.807, 2.05) is 18.0 Å². The Labute approximate surface area is 117 Å². The van der Waals surface area contributed by atoms with Gasteiger partial charge >= 0.3 is 6.09 Å². The van der Waals surface area contributed by atoms with Gasteiger partial charge in [-0.15, -0.1) is 0 Å². The van der Waals surface area contributed by atoms with Crippen LogP contribution < -0.4 is 0 Å². The summed E-state index contributed by atoms with van der Waals surface area (Å²) >= 11 is 5.94. The van der Waals surface area contributed by atoms with Crippen molar-refractivity contribution in [2.45, 2.75) is 32.2 Å². The summed E-state index contributed by atoms with van der Waals surface area (Å²) in [5.41, 5.74) is 1.94. The molecule has 1 N–H and O–H groups in total. The fourth-order valence-corrected chi connectivity index (χ4v) is 2.59. The van der Waals surface area contributed by atoms with Crippen molar-refractivity contribution in [2.75, 3.05) is 13.6 Å². The van der Waals surface area contributed by atoms with Gasteiger partial charge in [0.1, 0.15) is 5.15 Å². The van der Waals surface area contributed by atoms with Gasteiger partial charge in [-0.1, -0.05) is 18.0 Å². The highest BCUT2D eigenvalue weighted by atomic mass is 35.5. The van der Waals surface area contributed by atoms with Gasteiger partial charge in [0.05, 0.1) is 6.04 Å². The third kappa shape index (κ3) is 2.98. The van der Waals surface area contributed by atoms with Crippen LogP contribution >= 0.6 is 11.6 Å². The van der Waals surface area contributed by atoms with Gasteiger partial charge in [0.15, 0.2) is 0 Å². The molecule has 0 saturated carbocycles. The lowest BCUT2D eigenvalue weighted by Gasteiger charge is -2.40. The Bertz CT molecular complexity index is 481. The Kier molecular flexibility index (Phi) is 4.27. The van der Waals surface area contributed by atoms with Crippen molar-refractivity contribution >= 4 is 17.7 Å². The molecular weight excluding hydrogens is 266 g/mol. The van der Waals surface area contributed by atoms with Crippen molar-refractivity contribution in [3.8, 4) is 0 Å². The van der Waals surface area contributed by atoms with E-state index in [-0.39, 0.29) is 6.04 Å². The van der Waals surface area contributed by atoms with Crippen LogP contribution in [0.3, 0.4) is 0 Å². The van der Waals surface area contributed by atoms with Gasteiger partial charge in [0.25, 0.3) is 0 Å². The third-order valence-electron chi connectivity index (χ3n) is 3.56. The van der Waals surface area contributed by atoms with E-state index in [0.717, 1.165) is 36.9 Å². The van der Waals surface area contributed by atoms with Crippen molar-refractivity contribution < 1.29 is 9.90 Å². The Hall–Kier alpha value is -1.33. The molecule has 1 aliphatic rings. The highest BCUT2D eigenvalue weighted by molar-refractivity contribution is 6.30. The standard InChI is InChI=1S/C13H18ClN3O2/c1-9-7-10(8-15-12(9)14)11-5-3-4-6-17(11)16(2)13(18)19/h7-8,11H,3-6H2,1-2H3,(H,18,19). The molecule has 1 aromatic heterocycles. The molecule has 0 aliphatic carbocycles. The molecule has 0 spiro atoms. The monoisotopic (exact) mass is 283 g/mol. The second kappa shape index (κ2) is 5.75. The summed E-state index contributed by atoms with van der Waals surface area (Å²) in [5, 5.41) is 12.8. The summed E-state index contributed by atoms with van der Waals surface area (Å²) in [6.07, 6.45) is 3.84. The van der Waals surface area contributed by atoms with Gasteiger partial charge in [-0.05, 0) is 37.0 Å². The first-order chi connectivity index (χ1) is 9.00. The smallest absolute Gasteiger partial charge is 0.421 e. The average Bonchev–Trinajstić information content (AvgIpc) is 2.41. The van der Waals surface area contributed by atoms with Gasteiger partial charge in [0, 0.05) is 19.8 Å². The Morgan fingerprint density at radius 1 is 1.58 bits per heavy atom. The highest BCUT2D eigenvalue weighted by Crippen LogP contribution is 2.32. The number of carbonyl (C=O) groups is 1. The maximum absolute atomic E-state index is 11.1. The molecule has 1 amide bonds. The maximum atomic E-state index is 11.1. The fraction of sp³-hybridized carbons (Fsp3) is 0.538. The lowest BCUT2D eigenvalue weighted by molar-refractivity contribution is -0.0431. The van der Waals surface area contributed by atoms with E-state index in [9.17, 15) is 4.79 Å². The number of amides is 1. The molecule has 5 nitrogen and oxygen atoms in total. The van der Waals surface area contributed by atoms with Crippen molar-refractivity contribution in [1.29, 1.82) is 0 Å². The minimum absolute atomic E-state index is 0.0540. The van der Waals surface area contributed by atoms with Crippen LogP contribution in [0.15, 0.2) is 12.3 Å². The van der Waals surface area contributed by atoms with Gasteiger partial charge in [-0.2, -0.15) is 0 Å². The van der Waals surface area contributed by atoms with Crippen LogP contribution in [0.1, 0.15) is 36.4 Å². The molecule has 1 aromatic rings. The third-order valence-corrected chi connectivity index (χ3v) is 3.95. The van der Waals surface area contributed by atoms with Crippen LogP contribution in [0, 0.1) is 6.92 Å². The normalized spacial score (nSPS) is 20.3. The molecule has 1 saturated heterocycles. The summed E-state index contributed by atoms with van der Waals surface area (Å²) in [6, 6.07) is 2.05. The lowest BCUT2D eigenvalue weighted by Crippen LogP contribution is -2.47.